The van der Waals surface area contributed by atoms with Crippen LogP contribution < -0.4 is 5.32 Å². The molecule has 2 nitrogen and oxygen atoms in total. The Bertz CT molecular complexity index is 126. The summed E-state index contributed by atoms with van der Waals surface area (Å²) in [6.07, 6.45) is 4.89. The van der Waals surface area contributed by atoms with Gasteiger partial charge in [-0.15, -0.1) is 0 Å². The average Bonchev–Trinajstić information content (AvgIpc) is 2.33. The summed E-state index contributed by atoms with van der Waals surface area (Å²) >= 11 is 0. The zero-order chi connectivity index (χ0) is 6.97. The zero-order valence-corrected chi connectivity index (χ0v) is 6.47. The first kappa shape index (κ1) is 6.62. The molecule has 58 valence electrons. The highest BCUT2D eigenvalue weighted by Gasteiger charge is 2.32. The fraction of sp³-hybridized carbons (Fsp3) is 1.00. The molecule has 2 aliphatic rings. The minimum Gasteiger partial charge on any atom is -0.372 e. The van der Waals surface area contributed by atoms with Crippen LogP contribution in [0.4, 0.5) is 0 Å². The Morgan fingerprint density at radius 2 is 2.30 bits per heavy atom. The van der Waals surface area contributed by atoms with Gasteiger partial charge in [-0.1, -0.05) is 0 Å². The van der Waals surface area contributed by atoms with Crippen LogP contribution in [0.1, 0.15) is 26.2 Å². The SMILES string of the molecule is C[C@H]1CN[C@@H]2CCC[C@@H]2O1. The van der Waals surface area contributed by atoms with Crippen molar-refractivity contribution in [1.29, 1.82) is 0 Å². The van der Waals surface area contributed by atoms with Gasteiger partial charge >= 0.3 is 0 Å². The molecule has 3 atom stereocenters. The van der Waals surface area contributed by atoms with Gasteiger partial charge in [0.2, 0.25) is 0 Å². The largest absolute Gasteiger partial charge is 0.372 e. The highest BCUT2D eigenvalue weighted by molar-refractivity contribution is 4.88. The summed E-state index contributed by atoms with van der Waals surface area (Å²) in [6, 6.07) is 0.677. The smallest absolute Gasteiger partial charge is 0.0732 e. The second kappa shape index (κ2) is 2.51. The molecule has 0 spiro atoms. The molecule has 0 aromatic carbocycles. The molecule has 0 aromatic heterocycles. The normalized spacial score (nSPS) is 47.1. The Morgan fingerprint density at radius 3 is 3.20 bits per heavy atom. The first-order valence-electron chi connectivity index (χ1n) is 4.25. The van der Waals surface area contributed by atoms with Crippen molar-refractivity contribution in [3.05, 3.63) is 0 Å². The van der Waals surface area contributed by atoms with E-state index in [-0.39, 0.29) is 0 Å². The van der Waals surface area contributed by atoms with Crippen molar-refractivity contribution in [3.8, 4) is 0 Å². The third-order valence-corrected chi connectivity index (χ3v) is 2.53. The molecule has 1 heterocycles. The minimum absolute atomic E-state index is 0.430. The van der Waals surface area contributed by atoms with Gasteiger partial charge in [0, 0.05) is 12.6 Å². The molecule has 1 saturated carbocycles. The van der Waals surface area contributed by atoms with Crippen molar-refractivity contribution < 1.29 is 4.74 Å². The fourth-order valence-electron chi connectivity index (χ4n) is 1.99. The topological polar surface area (TPSA) is 21.3 Å². The summed E-state index contributed by atoms with van der Waals surface area (Å²) in [4.78, 5) is 0. The van der Waals surface area contributed by atoms with Crippen molar-refractivity contribution in [3.63, 3.8) is 0 Å². The van der Waals surface area contributed by atoms with E-state index in [0.29, 0.717) is 18.2 Å². The number of hydrogen-bond donors (Lipinski definition) is 1. The van der Waals surface area contributed by atoms with Crippen LogP contribution in [0.2, 0.25) is 0 Å². The van der Waals surface area contributed by atoms with Gasteiger partial charge in [-0.25, -0.2) is 0 Å². The van der Waals surface area contributed by atoms with E-state index < -0.39 is 0 Å². The van der Waals surface area contributed by atoms with Crippen LogP contribution in [0.5, 0.6) is 0 Å². The zero-order valence-electron chi connectivity index (χ0n) is 6.47. The number of ether oxygens (including phenoxy) is 1. The maximum Gasteiger partial charge on any atom is 0.0732 e. The van der Waals surface area contributed by atoms with E-state index in [0.717, 1.165) is 6.54 Å². The lowest BCUT2D eigenvalue weighted by Gasteiger charge is -2.31. The summed E-state index contributed by atoms with van der Waals surface area (Å²) in [6.45, 7) is 3.18. The number of nitrogens with one attached hydrogen (secondary N) is 1. The number of morpholine rings is 1. The molecule has 10 heavy (non-hydrogen) atoms. The first-order valence-corrected chi connectivity index (χ1v) is 4.25. The molecule has 2 heteroatoms. The van der Waals surface area contributed by atoms with E-state index >= 15 is 0 Å². The van der Waals surface area contributed by atoms with Crippen molar-refractivity contribution in [2.45, 2.75) is 44.4 Å². The van der Waals surface area contributed by atoms with Gasteiger partial charge in [0.25, 0.3) is 0 Å². The average molecular weight is 141 g/mol. The molecule has 1 aliphatic carbocycles. The first-order chi connectivity index (χ1) is 4.86. The van der Waals surface area contributed by atoms with E-state index in [1.165, 1.54) is 19.3 Å². The summed E-state index contributed by atoms with van der Waals surface area (Å²) in [7, 11) is 0. The lowest BCUT2D eigenvalue weighted by molar-refractivity contribution is -0.0414. The number of hydrogen-bond acceptors (Lipinski definition) is 2. The molecule has 1 saturated heterocycles. The van der Waals surface area contributed by atoms with E-state index in [1.807, 2.05) is 0 Å². The Morgan fingerprint density at radius 1 is 1.40 bits per heavy atom. The Balaban J connectivity index is 1.96. The van der Waals surface area contributed by atoms with E-state index in [4.69, 9.17) is 4.74 Å². The highest BCUT2D eigenvalue weighted by Crippen LogP contribution is 2.25. The summed E-state index contributed by atoms with van der Waals surface area (Å²) in [5.74, 6) is 0. The number of fused-ring (bicyclic) bond motifs is 1. The Labute approximate surface area is 61.9 Å². The Hall–Kier alpha value is -0.0800. The van der Waals surface area contributed by atoms with E-state index in [9.17, 15) is 0 Å². The van der Waals surface area contributed by atoms with E-state index in [1.54, 1.807) is 0 Å². The van der Waals surface area contributed by atoms with Crippen molar-refractivity contribution >= 4 is 0 Å². The number of rotatable bonds is 0. The molecule has 2 fully saturated rings. The predicted octanol–water partition coefficient (Wildman–Crippen LogP) is 0.916. The predicted molar refractivity (Wildman–Crippen MR) is 40.0 cm³/mol. The van der Waals surface area contributed by atoms with Crippen LogP contribution in [0.3, 0.4) is 0 Å². The van der Waals surface area contributed by atoms with Crippen molar-refractivity contribution in [2.24, 2.45) is 0 Å². The molecule has 0 amide bonds. The fourth-order valence-corrected chi connectivity index (χ4v) is 1.99. The molecule has 0 aromatic rings. The van der Waals surface area contributed by atoms with Crippen molar-refractivity contribution in [1.82, 2.24) is 5.32 Å². The van der Waals surface area contributed by atoms with Crippen LogP contribution in [0, 0.1) is 0 Å². The van der Waals surface area contributed by atoms with Crippen LogP contribution in [-0.2, 0) is 4.74 Å². The molecular formula is C8H15NO. The third-order valence-electron chi connectivity index (χ3n) is 2.53. The summed E-state index contributed by atoms with van der Waals surface area (Å²) in [5, 5.41) is 3.51. The van der Waals surface area contributed by atoms with Crippen LogP contribution >= 0.6 is 0 Å². The minimum atomic E-state index is 0.430. The Kier molecular flexibility index (Phi) is 1.66. The van der Waals surface area contributed by atoms with Crippen molar-refractivity contribution in [2.75, 3.05) is 6.54 Å². The second-order valence-electron chi connectivity index (χ2n) is 3.43. The second-order valence-corrected chi connectivity index (χ2v) is 3.43. The third kappa shape index (κ3) is 1.06. The molecule has 1 aliphatic heterocycles. The lowest BCUT2D eigenvalue weighted by Crippen LogP contribution is -2.48. The molecule has 2 rings (SSSR count). The standard InChI is InChI=1S/C8H15NO/c1-6-5-9-7-3-2-4-8(7)10-6/h6-9H,2-5H2,1H3/t6-,7+,8-/m0/s1. The van der Waals surface area contributed by atoms with Gasteiger partial charge in [0.05, 0.1) is 12.2 Å². The monoisotopic (exact) mass is 141 g/mol. The lowest BCUT2D eigenvalue weighted by atomic mass is 10.1. The molecular weight excluding hydrogens is 126 g/mol. The quantitative estimate of drug-likeness (QED) is 0.541. The summed E-state index contributed by atoms with van der Waals surface area (Å²) in [5.41, 5.74) is 0. The molecule has 0 unspecified atom stereocenters. The molecule has 0 radical (unpaired) electrons. The molecule has 1 N–H and O–H groups in total. The van der Waals surface area contributed by atoms with Gasteiger partial charge < -0.3 is 10.1 Å². The maximum absolute atomic E-state index is 5.75. The van der Waals surface area contributed by atoms with Gasteiger partial charge in [-0.05, 0) is 26.2 Å². The van der Waals surface area contributed by atoms with Crippen LogP contribution in [0.25, 0.3) is 0 Å². The van der Waals surface area contributed by atoms with E-state index in [2.05, 4.69) is 12.2 Å². The molecule has 0 bridgehead atoms. The van der Waals surface area contributed by atoms with Crippen LogP contribution in [-0.4, -0.2) is 24.8 Å². The van der Waals surface area contributed by atoms with Gasteiger partial charge in [0.1, 0.15) is 0 Å². The summed E-state index contributed by atoms with van der Waals surface area (Å²) < 4.78 is 5.75. The van der Waals surface area contributed by atoms with Gasteiger partial charge in [0.15, 0.2) is 0 Å². The maximum atomic E-state index is 5.75. The van der Waals surface area contributed by atoms with Gasteiger partial charge in [-0.3, -0.25) is 0 Å². The highest BCUT2D eigenvalue weighted by atomic mass is 16.5. The van der Waals surface area contributed by atoms with Gasteiger partial charge in [-0.2, -0.15) is 0 Å². The van der Waals surface area contributed by atoms with Crippen LogP contribution in [0.15, 0.2) is 0 Å².